The molecular weight excluding hydrogens is 412 g/mol. The molecule has 1 fully saturated rings. The Balaban J connectivity index is 1.83. The fourth-order valence-electron chi connectivity index (χ4n) is 2.93. The van der Waals surface area contributed by atoms with Crippen LogP contribution in [0.5, 0.6) is 5.75 Å². The minimum atomic E-state index is -0.532. The molecule has 0 radical (unpaired) electrons. The number of hydrogen-bond donors (Lipinski definition) is 2. The summed E-state index contributed by atoms with van der Waals surface area (Å²) in [7, 11) is 0. The van der Waals surface area contributed by atoms with Crippen molar-refractivity contribution in [3.63, 3.8) is 0 Å². The van der Waals surface area contributed by atoms with Gasteiger partial charge in [0, 0.05) is 16.1 Å². The Hall–Kier alpha value is -1.76. The predicted octanol–water partition coefficient (Wildman–Crippen LogP) is 4.42. The number of rotatable bonds is 6. The van der Waals surface area contributed by atoms with Crippen LogP contribution in [0.2, 0.25) is 0 Å². The first-order valence-corrected chi connectivity index (χ1v) is 10.2. The Morgan fingerprint density at radius 2 is 1.85 bits per heavy atom. The molecule has 6 nitrogen and oxygen atoms in total. The number of nitrogens with one attached hydrogen (secondary N) is 2. The van der Waals surface area contributed by atoms with Gasteiger partial charge in [0.1, 0.15) is 18.0 Å². The van der Waals surface area contributed by atoms with Gasteiger partial charge in [-0.2, -0.15) is 0 Å². The van der Waals surface area contributed by atoms with Gasteiger partial charge < -0.3 is 20.1 Å². The van der Waals surface area contributed by atoms with Gasteiger partial charge in [-0.15, -0.1) is 0 Å². The number of carbonyl (C=O) groups excluding carboxylic acids is 2. The average molecular weight is 441 g/mol. The van der Waals surface area contributed by atoms with Gasteiger partial charge in [-0.3, -0.25) is 4.79 Å². The van der Waals surface area contributed by atoms with Crippen LogP contribution >= 0.6 is 15.9 Å². The van der Waals surface area contributed by atoms with E-state index in [4.69, 9.17) is 9.47 Å². The second kappa shape index (κ2) is 9.97. The van der Waals surface area contributed by atoms with Gasteiger partial charge in [-0.25, -0.2) is 4.79 Å². The third-order valence-electron chi connectivity index (χ3n) is 4.11. The smallest absolute Gasteiger partial charge is 0.407 e. The fourth-order valence-corrected chi connectivity index (χ4v) is 3.40. The first-order chi connectivity index (χ1) is 12.7. The molecule has 150 valence electrons. The minimum Gasteiger partial charge on any atom is -0.492 e. The lowest BCUT2D eigenvalue weighted by molar-refractivity contribution is 0.0520. The van der Waals surface area contributed by atoms with E-state index in [1.807, 2.05) is 20.8 Å². The van der Waals surface area contributed by atoms with Gasteiger partial charge in [-0.05, 0) is 51.8 Å². The van der Waals surface area contributed by atoms with Crippen LogP contribution in [-0.2, 0) is 4.74 Å². The first-order valence-electron chi connectivity index (χ1n) is 9.44. The first kappa shape index (κ1) is 21.5. The number of ether oxygens (including phenoxy) is 2. The highest BCUT2D eigenvalue weighted by atomic mass is 79.9. The second-order valence-electron chi connectivity index (χ2n) is 7.76. The summed E-state index contributed by atoms with van der Waals surface area (Å²) in [6.07, 6.45) is 5.19. The Bertz CT molecular complexity index is 652. The van der Waals surface area contributed by atoms with Gasteiger partial charge in [0.2, 0.25) is 0 Å². The van der Waals surface area contributed by atoms with Crippen LogP contribution in [0.4, 0.5) is 4.79 Å². The van der Waals surface area contributed by atoms with Crippen molar-refractivity contribution in [3.8, 4) is 5.75 Å². The Morgan fingerprint density at radius 3 is 2.52 bits per heavy atom. The molecule has 0 unspecified atom stereocenters. The standard InChI is InChI=1S/C20H29BrN2O4/c1-20(2,3)27-19(25)22-9-10-26-17-12-14(11-15(21)13-17)18(24)23-16-7-5-4-6-8-16/h11-13,16H,4-10H2,1-3H3,(H,22,25)(H,23,24). The molecule has 7 heteroatoms. The van der Waals surface area contributed by atoms with Gasteiger partial charge in [0.25, 0.3) is 5.91 Å². The molecule has 27 heavy (non-hydrogen) atoms. The van der Waals surface area contributed by atoms with Crippen LogP contribution in [-0.4, -0.2) is 36.8 Å². The quantitative estimate of drug-likeness (QED) is 0.641. The fraction of sp³-hybridized carbons (Fsp3) is 0.600. The monoisotopic (exact) mass is 440 g/mol. The minimum absolute atomic E-state index is 0.0834. The van der Waals surface area contributed by atoms with E-state index >= 15 is 0 Å². The number of carbonyl (C=O) groups is 2. The lowest BCUT2D eigenvalue weighted by Crippen LogP contribution is -2.36. The number of amides is 2. The lowest BCUT2D eigenvalue weighted by atomic mass is 9.95. The largest absolute Gasteiger partial charge is 0.492 e. The number of alkyl carbamates (subject to hydrolysis) is 1. The number of benzene rings is 1. The van der Waals surface area contributed by atoms with E-state index in [1.54, 1.807) is 18.2 Å². The van der Waals surface area contributed by atoms with Crippen LogP contribution < -0.4 is 15.4 Å². The third-order valence-corrected chi connectivity index (χ3v) is 4.57. The zero-order valence-electron chi connectivity index (χ0n) is 16.3. The van der Waals surface area contributed by atoms with Gasteiger partial charge in [0.05, 0.1) is 6.54 Å². The van der Waals surface area contributed by atoms with E-state index < -0.39 is 11.7 Å². The van der Waals surface area contributed by atoms with Gasteiger partial charge in [0.15, 0.2) is 0 Å². The summed E-state index contributed by atoms with van der Waals surface area (Å²) in [6, 6.07) is 5.55. The zero-order chi connectivity index (χ0) is 19.9. The maximum Gasteiger partial charge on any atom is 0.407 e. The normalized spacial score (nSPS) is 15.1. The molecule has 0 saturated heterocycles. The van der Waals surface area contributed by atoms with Crippen molar-refractivity contribution in [3.05, 3.63) is 28.2 Å². The molecular formula is C20H29BrN2O4. The zero-order valence-corrected chi connectivity index (χ0v) is 17.9. The summed E-state index contributed by atoms with van der Waals surface area (Å²) in [5.41, 5.74) is 0.0283. The van der Waals surface area contributed by atoms with E-state index in [0.29, 0.717) is 17.9 Å². The van der Waals surface area contributed by atoms with E-state index in [9.17, 15) is 9.59 Å². The highest BCUT2D eigenvalue weighted by Crippen LogP contribution is 2.23. The topological polar surface area (TPSA) is 76.7 Å². The molecule has 1 aromatic carbocycles. The van der Waals surface area contributed by atoms with Crippen molar-refractivity contribution in [1.82, 2.24) is 10.6 Å². The predicted molar refractivity (Wildman–Crippen MR) is 108 cm³/mol. The van der Waals surface area contributed by atoms with E-state index in [1.165, 1.54) is 19.3 Å². The van der Waals surface area contributed by atoms with Gasteiger partial charge in [-0.1, -0.05) is 35.2 Å². The van der Waals surface area contributed by atoms with Crippen LogP contribution in [0, 0.1) is 0 Å². The molecule has 0 aliphatic heterocycles. The SMILES string of the molecule is CC(C)(C)OC(=O)NCCOc1cc(Br)cc(C(=O)NC2CCCCC2)c1. The maximum atomic E-state index is 12.5. The van der Waals surface area contributed by atoms with Crippen molar-refractivity contribution in [2.75, 3.05) is 13.2 Å². The molecule has 0 aromatic heterocycles. The Morgan fingerprint density at radius 1 is 1.15 bits per heavy atom. The second-order valence-corrected chi connectivity index (χ2v) is 8.68. The molecule has 0 spiro atoms. The molecule has 2 amide bonds. The molecule has 0 heterocycles. The highest BCUT2D eigenvalue weighted by molar-refractivity contribution is 9.10. The summed E-state index contributed by atoms with van der Waals surface area (Å²) in [4.78, 5) is 24.1. The van der Waals surface area contributed by atoms with Crippen LogP contribution in [0.15, 0.2) is 22.7 Å². The highest BCUT2D eigenvalue weighted by Gasteiger charge is 2.18. The summed E-state index contributed by atoms with van der Waals surface area (Å²) in [5, 5.41) is 5.74. The Labute approximate surface area is 169 Å². The molecule has 0 atom stereocenters. The van der Waals surface area contributed by atoms with E-state index in [0.717, 1.165) is 17.3 Å². The molecule has 2 rings (SSSR count). The number of hydrogen-bond acceptors (Lipinski definition) is 4. The molecule has 0 bridgehead atoms. The molecule has 2 N–H and O–H groups in total. The number of halogens is 1. The third kappa shape index (κ3) is 8.20. The maximum absolute atomic E-state index is 12.5. The van der Waals surface area contributed by atoms with Crippen molar-refractivity contribution in [1.29, 1.82) is 0 Å². The van der Waals surface area contributed by atoms with E-state index in [-0.39, 0.29) is 18.6 Å². The van der Waals surface area contributed by atoms with Crippen LogP contribution in [0.1, 0.15) is 63.2 Å². The van der Waals surface area contributed by atoms with Crippen LogP contribution in [0.3, 0.4) is 0 Å². The van der Waals surface area contributed by atoms with Crippen LogP contribution in [0.25, 0.3) is 0 Å². The summed E-state index contributed by atoms with van der Waals surface area (Å²) in [6.45, 7) is 6.02. The molecule has 1 aliphatic rings. The van der Waals surface area contributed by atoms with Crippen molar-refractivity contribution >= 4 is 27.9 Å². The van der Waals surface area contributed by atoms with Crippen molar-refractivity contribution in [2.24, 2.45) is 0 Å². The lowest BCUT2D eigenvalue weighted by Gasteiger charge is -2.23. The summed E-state index contributed by atoms with van der Waals surface area (Å²) in [5.74, 6) is 0.490. The summed E-state index contributed by atoms with van der Waals surface area (Å²) < 4.78 is 11.6. The van der Waals surface area contributed by atoms with Gasteiger partial charge >= 0.3 is 6.09 Å². The van der Waals surface area contributed by atoms with Crippen molar-refractivity contribution in [2.45, 2.75) is 64.5 Å². The summed E-state index contributed by atoms with van der Waals surface area (Å²) >= 11 is 3.42. The Kier molecular flexibility index (Phi) is 7.95. The molecule has 1 aromatic rings. The van der Waals surface area contributed by atoms with Crippen molar-refractivity contribution < 1.29 is 19.1 Å². The molecule has 1 saturated carbocycles. The molecule has 1 aliphatic carbocycles. The average Bonchev–Trinajstić information content (AvgIpc) is 2.57. The van der Waals surface area contributed by atoms with E-state index in [2.05, 4.69) is 26.6 Å².